The Hall–Kier alpha value is -3.06. The first kappa shape index (κ1) is 18.3. The zero-order valence-corrected chi connectivity index (χ0v) is 16.5. The van der Waals surface area contributed by atoms with Crippen molar-refractivity contribution in [3.8, 4) is 11.3 Å². The highest BCUT2D eigenvalue weighted by molar-refractivity contribution is 7.18. The fourth-order valence-corrected chi connectivity index (χ4v) is 3.87. The summed E-state index contributed by atoms with van der Waals surface area (Å²) in [6.45, 7) is 3.71. The van der Waals surface area contributed by atoms with Gasteiger partial charge in [0.2, 0.25) is 5.91 Å². The zero-order chi connectivity index (χ0) is 19.7. The molecule has 0 aliphatic heterocycles. The predicted molar refractivity (Wildman–Crippen MR) is 111 cm³/mol. The summed E-state index contributed by atoms with van der Waals surface area (Å²) in [5.74, 6) is 0.682. The molecule has 0 atom stereocenters. The van der Waals surface area contributed by atoms with Crippen molar-refractivity contribution in [1.82, 2.24) is 9.97 Å². The monoisotopic (exact) mass is 392 g/mol. The number of nitrogens with one attached hydrogen (secondary N) is 2. The fourth-order valence-electron chi connectivity index (χ4n) is 2.90. The molecule has 0 bridgehead atoms. The molecule has 2 aromatic heterocycles. The molecule has 2 amide bonds. The number of rotatable bonds is 5. The normalized spacial score (nSPS) is 13.2. The molecular weight excluding hydrogens is 372 g/mol. The Balaban J connectivity index is 1.50. The number of hydrogen-bond acceptors (Lipinski definition) is 5. The summed E-state index contributed by atoms with van der Waals surface area (Å²) < 4.78 is 0. The summed E-state index contributed by atoms with van der Waals surface area (Å²) in [6.07, 6.45) is 3.62. The molecule has 0 radical (unpaired) electrons. The van der Waals surface area contributed by atoms with Crippen LogP contribution in [0.4, 0.5) is 10.7 Å². The van der Waals surface area contributed by atoms with Gasteiger partial charge in [-0.1, -0.05) is 12.1 Å². The van der Waals surface area contributed by atoms with Crippen molar-refractivity contribution >= 4 is 33.8 Å². The number of carbonyl (C=O) groups excluding carboxylic acids is 2. The van der Waals surface area contributed by atoms with Crippen LogP contribution in [0.2, 0.25) is 0 Å². The maximum absolute atomic E-state index is 12.7. The number of benzene rings is 1. The van der Waals surface area contributed by atoms with E-state index in [2.05, 4.69) is 20.6 Å². The lowest BCUT2D eigenvalue weighted by Gasteiger charge is -2.07. The van der Waals surface area contributed by atoms with Gasteiger partial charge in [0, 0.05) is 23.4 Å². The van der Waals surface area contributed by atoms with Gasteiger partial charge in [-0.05, 0) is 56.5 Å². The van der Waals surface area contributed by atoms with E-state index in [1.165, 1.54) is 11.3 Å². The molecule has 6 nitrogen and oxygen atoms in total. The van der Waals surface area contributed by atoms with E-state index < -0.39 is 0 Å². The lowest BCUT2D eigenvalue weighted by Crippen LogP contribution is -2.12. The maximum Gasteiger partial charge on any atom is 0.266 e. The van der Waals surface area contributed by atoms with Gasteiger partial charge in [-0.3, -0.25) is 9.59 Å². The van der Waals surface area contributed by atoms with Gasteiger partial charge < -0.3 is 10.6 Å². The third kappa shape index (κ3) is 4.09. The van der Waals surface area contributed by atoms with Gasteiger partial charge in [0.25, 0.3) is 5.91 Å². The van der Waals surface area contributed by atoms with Gasteiger partial charge in [0.05, 0.1) is 15.6 Å². The summed E-state index contributed by atoms with van der Waals surface area (Å²) in [5.41, 5.74) is 3.25. The van der Waals surface area contributed by atoms with Crippen LogP contribution in [-0.2, 0) is 4.79 Å². The molecule has 142 valence electrons. The van der Waals surface area contributed by atoms with Crippen LogP contribution in [0.25, 0.3) is 11.3 Å². The van der Waals surface area contributed by atoms with Crippen LogP contribution in [0.5, 0.6) is 0 Å². The number of nitrogens with zero attached hydrogens (tertiary/aromatic N) is 2. The van der Waals surface area contributed by atoms with E-state index in [1.807, 2.05) is 50.2 Å². The lowest BCUT2D eigenvalue weighted by molar-refractivity contribution is -0.117. The Morgan fingerprint density at radius 2 is 1.93 bits per heavy atom. The summed E-state index contributed by atoms with van der Waals surface area (Å²) in [5, 5.41) is 6.56. The van der Waals surface area contributed by atoms with Crippen LogP contribution >= 0.6 is 11.3 Å². The molecule has 1 aromatic carbocycles. The molecule has 1 fully saturated rings. The number of aryl methyl sites for hydroxylation is 2. The van der Waals surface area contributed by atoms with Gasteiger partial charge >= 0.3 is 0 Å². The van der Waals surface area contributed by atoms with Crippen LogP contribution in [0.3, 0.4) is 0 Å². The molecule has 1 aliphatic carbocycles. The summed E-state index contributed by atoms with van der Waals surface area (Å²) >= 11 is 1.30. The van der Waals surface area contributed by atoms with Crippen LogP contribution in [0, 0.1) is 19.8 Å². The molecule has 1 saturated carbocycles. The van der Waals surface area contributed by atoms with Crippen molar-refractivity contribution in [1.29, 1.82) is 0 Å². The molecule has 28 heavy (non-hydrogen) atoms. The molecule has 2 heterocycles. The zero-order valence-electron chi connectivity index (χ0n) is 15.7. The minimum absolute atomic E-state index is 0.0426. The Labute approximate surface area is 167 Å². The molecule has 0 unspecified atom stereocenters. The predicted octanol–water partition coefficient (Wildman–Crippen LogP) is 4.42. The maximum atomic E-state index is 12.7. The Morgan fingerprint density at radius 3 is 2.68 bits per heavy atom. The van der Waals surface area contributed by atoms with Crippen LogP contribution in [0.1, 0.15) is 33.9 Å². The van der Waals surface area contributed by atoms with Crippen molar-refractivity contribution in [3.63, 3.8) is 0 Å². The molecule has 0 spiro atoms. The van der Waals surface area contributed by atoms with E-state index in [-0.39, 0.29) is 17.7 Å². The summed E-state index contributed by atoms with van der Waals surface area (Å²) in [6, 6.07) is 11.2. The fraction of sp³-hybridized carbons (Fsp3) is 0.238. The number of aromatic nitrogens is 2. The van der Waals surface area contributed by atoms with Crippen molar-refractivity contribution in [2.75, 3.05) is 10.6 Å². The average Bonchev–Trinajstić information content (AvgIpc) is 3.46. The molecular formula is C21H20N4O2S. The summed E-state index contributed by atoms with van der Waals surface area (Å²) in [4.78, 5) is 33.8. The van der Waals surface area contributed by atoms with Gasteiger partial charge in [0.15, 0.2) is 0 Å². The second kappa shape index (κ2) is 7.52. The summed E-state index contributed by atoms with van der Waals surface area (Å²) in [7, 11) is 0. The van der Waals surface area contributed by atoms with E-state index in [1.54, 1.807) is 6.20 Å². The van der Waals surface area contributed by atoms with E-state index in [0.717, 1.165) is 29.7 Å². The van der Waals surface area contributed by atoms with Crippen molar-refractivity contribution < 1.29 is 9.59 Å². The Morgan fingerprint density at radius 1 is 1.11 bits per heavy atom. The molecule has 4 rings (SSSR count). The molecule has 1 aliphatic rings. The minimum Gasteiger partial charge on any atom is -0.321 e. The van der Waals surface area contributed by atoms with Gasteiger partial charge in [-0.2, -0.15) is 0 Å². The third-order valence-electron chi connectivity index (χ3n) is 4.51. The van der Waals surface area contributed by atoms with E-state index in [9.17, 15) is 9.59 Å². The Kier molecular flexibility index (Phi) is 4.92. The number of anilines is 2. The largest absolute Gasteiger partial charge is 0.321 e. The van der Waals surface area contributed by atoms with Crippen molar-refractivity contribution in [3.05, 3.63) is 58.9 Å². The number of amides is 2. The van der Waals surface area contributed by atoms with Gasteiger partial charge in [-0.25, -0.2) is 9.97 Å². The molecule has 0 saturated heterocycles. The Bertz CT molecular complexity index is 1060. The number of hydrogen-bond donors (Lipinski definition) is 2. The van der Waals surface area contributed by atoms with E-state index in [4.69, 9.17) is 0 Å². The quantitative estimate of drug-likeness (QED) is 0.673. The standard InChI is InChI=1S/C21H20N4O2S/c1-12-10-18(25-20(26)14-6-7-14)28-19(12)21(27)24-16-5-3-4-15(11-16)17-8-9-22-13(2)23-17/h3-5,8-11,14H,6-7H2,1-2H3,(H,24,27)(H,25,26). The highest BCUT2D eigenvalue weighted by Crippen LogP contribution is 2.33. The third-order valence-corrected chi connectivity index (χ3v) is 5.66. The van der Waals surface area contributed by atoms with E-state index in [0.29, 0.717) is 21.4 Å². The average molecular weight is 392 g/mol. The smallest absolute Gasteiger partial charge is 0.266 e. The van der Waals surface area contributed by atoms with Crippen molar-refractivity contribution in [2.24, 2.45) is 5.92 Å². The first-order chi connectivity index (χ1) is 13.5. The minimum atomic E-state index is -0.189. The highest BCUT2D eigenvalue weighted by Gasteiger charge is 2.30. The van der Waals surface area contributed by atoms with Gasteiger partial charge in [-0.15, -0.1) is 11.3 Å². The van der Waals surface area contributed by atoms with E-state index >= 15 is 0 Å². The number of thiophene rings is 1. The van der Waals surface area contributed by atoms with Crippen LogP contribution < -0.4 is 10.6 Å². The van der Waals surface area contributed by atoms with Crippen molar-refractivity contribution in [2.45, 2.75) is 26.7 Å². The second-order valence-corrected chi connectivity index (χ2v) is 7.96. The lowest BCUT2D eigenvalue weighted by atomic mass is 10.1. The molecule has 2 N–H and O–H groups in total. The first-order valence-electron chi connectivity index (χ1n) is 9.12. The second-order valence-electron chi connectivity index (χ2n) is 6.91. The number of carbonyl (C=O) groups is 2. The topological polar surface area (TPSA) is 84.0 Å². The SMILES string of the molecule is Cc1nccc(-c2cccc(NC(=O)c3sc(NC(=O)C4CC4)cc3C)c2)n1. The first-order valence-corrected chi connectivity index (χ1v) is 9.94. The van der Waals surface area contributed by atoms with Gasteiger partial charge in [0.1, 0.15) is 5.82 Å². The highest BCUT2D eigenvalue weighted by atomic mass is 32.1. The van der Waals surface area contributed by atoms with Crippen LogP contribution in [-0.4, -0.2) is 21.8 Å². The van der Waals surface area contributed by atoms with Crippen LogP contribution in [0.15, 0.2) is 42.6 Å². The molecule has 7 heteroatoms. The molecule has 3 aromatic rings.